The molecule has 1 aromatic rings. The molecule has 0 fully saturated rings. The van der Waals surface area contributed by atoms with Gasteiger partial charge in [-0.3, -0.25) is 4.90 Å². The van der Waals surface area contributed by atoms with Crippen LogP contribution in [0.3, 0.4) is 0 Å². The van der Waals surface area contributed by atoms with Gasteiger partial charge in [-0.25, -0.2) is 14.2 Å². The summed E-state index contributed by atoms with van der Waals surface area (Å²) in [4.78, 5) is 29.4. The first-order chi connectivity index (χ1) is 16.2. The molecule has 0 N–H and O–H groups in total. The molecule has 36 heavy (non-hydrogen) atoms. The van der Waals surface area contributed by atoms with Crippen LogP contribution in [-0.4, -0.2) is 66.4 Å². The number of carbonyl (C=O) groups excluding carboxylic acids is 2. The van der Waals surface area contributed by atoms with Crippen molar-refractivity contribution < 1.29 is 23.6 Å². The molecule has 0 radical (unpaired) electrons. The number of anilines is 1. The lowest BCUT2D eigenvalue weighted by atomic mass is 10.00. The topological polar surface area (TPSA) is 66.2 Å². The number of amides is 2. The molecule has 0 saturated carbocycles. The van der Waals surface area contributed by atoms with Gasteiger partial charge in [0.2, 0.25) is 0 Å². The summed E-state index contributed by atoms with van der Waals surface area (Å²) in [5, 5.41) is 0. The second-order valence-electron chi connectivity index (χ2n) is 11.8. The number of pyridine rings is 1. The average molecular weight is 506 g/mol. The Kier molecular flexibility index (Phi) is 10.4. The SMILES string of the molecule is CC1=CC(N(C)C(=O)OC(C)(C)C)CC(C)N1C.Cc1cc(N(C)C(=O)OC(C)(C)C)cc(C)[n+]1C. The van der Waals surface area contributed by atoms with Crippen LogP contribution in [0.4, 0.5) is 15.3 Å². The Morgan fingerprint density at radius 1 is 0.944 bits per heavy atom. The second-order valence-corrected chi connectivity index (χ2v) is 11.8. The van der Waals surface area contributed by atoms with Crippen molar-refractivity contribution in [3.8, 4) is 0 Å². The number of hydrogen-bond acceptors (Lipinski definition) is 5. The van der Waals surface area contributed by atoms with Crippen LogP contribution < -0.4 is 9.47 Å². The number of aryl methyl sites for hydroxylation is 2. The van der Waals surface area contributed by atoms with E-state index in [2.05, 4.69) is 36.4 Å². The van der Waals surface area contributed by atoms with Crippen molar-refractivity contribution in [3.05, 3.63) is 35.3 Å². The van der Waals surface area contributed by atoms with Gasteiger partial charge in [-0.2, -0.15) is 0 Å². The molecule has 0 saturated heterocycles. The van der Waals surface area contributed by atoms with E-state index >= 15 is 0 Å². The highest BCUT2D eigenvalue weighted by Gasteiger charge is 2.29. The first-order valence-electron chi connectivity index (χ1n) is 12.5. The summed E-state index contributed by atoms with van der Waals surface area (Å²) in [5.74, 6) is 0. The summed E-state index contributed by atoms with van der Waals surface area (Å²) in [5.41, 5.74) is 3.32. The Morgan fingerprint density at radius 2 is 1.39 bits per heavy atom. The van der Waals surface area contributed by atoms with Gasteiger partial charge in [0.1, 0.15) is 18.2 Å². The van der Waals surface area contributed by atoms with E-state index in [-0.39, 0.29) is 18.2 Å². The molecule has 204 valence electrons. The fraction of sp³-hybridized carbons (Fsp3) is 0.679. The lowest BCUT2D eigenvalue weighted by Gasteiger charge is -2.39. The zero-order valence-electron chi connectivity index (χ0n) is 25.0. The molecule has 8 nitrogen and oxygen atoms in total. The van der Waals surface area contributed by atoms with Crippen LogP contribution in [0.5, 0.6) is 0 Å². The molecule has 2 heterocycles. The van der Waals surface area contributed by atoms with Gasteiger partial charge in [0.05, 0.1) is 11.7 Å². The zero-order valence-corrected chi connectivity index (χ0v) is 25.0. The van der Waals surface area contributed by atoms with Gasteiger partial charge in [-0.15, -0.1) is 0 Å². The highest BCUT2D eigenvalue weighted by atomic mass is 16.6. The van der Waals surface area contributed by atoms with E-state index in [1.807, 2.05) is 74.6 Å². The number of aromatic nitrogens is 1. The molecule has 2 amide bonds. The lowest BCUT2D eigenvalue weighted by Crippen LogP contribution is -2.46. The molecule has 1 aromatic heterocycles. The Balaban J connectivity index is 0.000000360. The van der Waals surface area contributed by atoms with E-state index in [1.165, 1.54) is 10.6 Å². The number of carbonyl (C=O) groups is 2. The van der Waals surface area contributed by atoms with Crippen molar-refractivity contribution in [1.29, 1.82) is 0 Å². The summed E-state index contributed by atoms with van der Waals surface area (Å²) < 4.78 is 12.8. The quantitative estimate of drug-likeness (QED) is 0.507. The molecule has 2 rings (SSSR count). The third kappa shape index (κ3) is 9.36. The maximum absolute atomic E-state index is 12.0. The Bertz CT molecular complexity index is 936. The van der Waals surface area contributed by atoms with E-state index in [4.69, 9.17) is 9.47 Å². The Morgan fingerprint density at radius 3 is 1.81 bits per heavy atom. The predicted octanol–water partition coefficient (Wildman–Crippen LogP) is 5.35. The highest BCUT2D eigenvalue weighted by Crippen LogP contribution is 2.23. The molecule has 1 aliphatic heterocycles. The molecule has 2 atom stereocenters. The normalized spacial score (nSPS) is 17.9. The number of nitrogens with zero attached hydrogens (tertiary/aromatic N) is 4. The average Bonchev–Trinajstić information content (AvgIpc) is 2.72. The number of hydrogen-bond donors (Lipinski definition) is 0. The molecule has 0 aliphatic carbocycles. The second kappa shape index (κ2) is 12.0. The largest absolute Gasteiger partial charge is 0.444 e. The third-order valence-corrected chi connectivity index (χ3v) is 6.24. The minimum absolute atomic E-state index is 0.117. The molecule has 0 spiro atoms. The predicted molar refractivity (Wildman–Crippen MR) is 145 cm³/mol. The third-order valence-electron chi connectivity index (χ3n) is 6.24. The number of ether oxygens (including phenoxy) is 2. The van der Waals surface area contributed by atoms with E-state index in [0.29, 0.717) is 6.04 Å². The molecule has 0 aromatic carbocycles. The van der Waals surface area contributed by atoms with Crippen LogP contribution in [0.15, 0.2) is 23.9 Å². The highest BCUT2D eigenvalue weighted by molar-refractivity contribution is 5.87. The van der Waals surface area contributed by atoms with Crippen molar-refractivity contribution in [2.24, 2.45) is 7.05 Å². The van der Waals surface area contributed by atoms with Crippen LogP contribution >= 0.6 is 0 Å². The van der Waals surface area contributed by atoms with Crippen LogP contribution in [-0.2, 0) is 16.5 Å². The summed E-state index contributed by atoms with van der Waals surface area (Å²) in [7, 11) is 7.62. The summed E-state index contributed by atoms with van der Waals surface area (Å²) in [6.07, 6.45) is 2.47. The van der Waals surface area contributed by atoms with Crippen LogP contribution in [0.2, 0.25) is 0 Å². The van der Waals surface area contributed by atoms with Gasteiger partial charge in [0.15, 0.2) is 11.4 Å². The summed E-state index contributed by atoms with van der Waals surface area (Å²) in [6.45, 7) is 19.5. The molecule has 8 heteroatoms. The standard InChI is InChI=1S/C14H26N2O2.C14H23N2O2/c2*1-10-8-12(9-11(2)15(10)6)16(7)13(17)18-14(3,4)5/h8,11-12H,9H2,1-7H3;8-9H,1-7H3/q;+1. The molecule has 1 aliphatic rings. The minimum Gasteiger partial charge on any atom is -0.444 e. The van der Waals surface area contributed by atoms with Crippen molar-refractivity contribution in [1.82, 2.24) is 9.80 Å². The van der Waals surface area contributed by atoms with Gasteiger partial charge >= 0.3 is 12.2 Å². The van der Waals surface area contributed by atoms with E-state index in [1.54, 1.807) is 19.0 Å². The maximum Gasteiger partial charge on any atom is 0.414 e. The van der Waals surface area contributed by atoms with Crippen molar-refractivity contribution >= 4 is 17.9 Å². The van der Waals surface area contributed by atoms with Crippen molar-refractivity contribution in [2.75, 3.05) is 26.0 Å². The van der Waals surface area contributed by atoms with Gasteiger partial charge in [-0.05, 0) is 67.9 Å². The first-order valence-corrected chi connectivity index (χ1v) is 12.5. The fourth-order valence-electron chi connectivity index (χ4n) is 3.63. The fourth-order valence-corrected chi connectivity index (χ4v) is 3.63. The van der Waals surface area contributed by atoms with Crippen molar-refractivity contribution in [3.63, 3.8) is 0 Å². The Labute approximate surface area is 218 Å². The first kappa shape index (κ1) is 31.3. The maximum atomic E-state index is 12.0. The Hall–Kier alpha value is -2.77. The smallest absolute Gasteiger partial charge is 0.414 e. The van der Waals surface area contributed by atoms with Crippen molar-refractivity contribution in [2.45, 2.75) is 98.9 Å². The molecular formula is C28H49N4O4+. The number of allylic oxidation sites excluding steroid dienone is 1. The van der Waals surface area contributed by atoms with Gasteiger partial charge in [0, 0.05) is 58.9 Å². The van der Waals surface area contributed by atoms with Gasteiger partial charge < -0.3 is 19.3 Å². The van der Waals surface area contributed by atoms with Gasteiger partial charge in [0.25, 0.3) is 0 Å². The lowest BCUT2D eigenvalue weighted by molar-refractivity contribution is -0.683. The zero-order chi connectivity index (χ0) is 28.2. The molecule has 2 unspecified atom stereocenters. The number of rotatable bonds is 2. The summed E-state index contributed by atoms with van der Waals surface area (Å²) >= 11 is 0. The van der Waals surface area contributed by atoms with Crippen LogP contribution in [0.1, 0.15) is 73.2 Å². The van der Waals surface area contributed by atoms with Crippen LogP contribution in [0.25, 0.3) is 0 Å². The van der Waals surface area contributed by atoms with E-state index in [0.717, 1.165) is 23.5 Å². The van der Waals surface area contributed by atoms with E-state index in [9.17, 15) is 9.59 Å². The molecular weight excluding hydrogens is 456 g/mol. The summed E-state index contributed by atoms with van der Waals surface area (Å²) in [6, 6.07) is 4.49. The monoisotopic (exact) mass is 505 g/mol. The van der Waals surface area contributed by atoms with E-state index < -0.39 is 11.2 Å². The number of likely N-dealkylation sites (N-methyl/N-ethyl adjacent to an activating group) is 1. The van der Waals surface area contributed by atoms with Crippen LogP contribution in [0, 0.1) is 13.8 Å². The molecule has 0 bridgehead atoms. The minimum atomic E-state index is -0.477. The van der Waals surface area contributed by atoms with Gasteiger partial charge in [-0.1, -0.05) is 0 Å².